The molecule has 0 saturated carbocycles. The molecule has 0 aliphatic rings. The Kier molecular flexibility index (Phi) is 9.53. The van der Waals surface area contributed by atoms with Gasteiger partial charge in [-0.3, -0.25) is 9.59 Å². The Hall–Kier alpha value is -4.26. The van der Waals surface area contributed by atoms with Gasteiger partial charge in [0.05, 0.1) is 12.1 Å². The van der Waals surface area contributed by atoms with E-state index in [9.17, 15) is 19.8 Å². The van der Waals surface area contributed by atoms with Gasteiger partial charge in [-0.05, 0) is 63.8 Å². The van der Waals surface area contributed by atoms with Crippen molar-refractivity contribution in [3.8, 4) is 0 Å². The zero-order chi connectivity index (χ0) is 31.4. The number of carbonyl (C=O) groups excluding carboxylic acids is 2. The largest absolute Gasteiger partial charge is 0.378 e. The predicted octanol–water partition coefficient (Wildman–Crippen LogP) is 5.49. The molecule has 224 valence electrons. The average Bonchev–Trinajstić information content (AvgIpc) is 2.97. The highest BCUT2D eigenvalue weighted by atomic mass is 16.3. The summed E-state index contributed by atoms with van der Waals surface area (Å²) in [5.74, 6) is -1.08. The Balaban J connectivity index is 1.53. The van der Waals surface area contributed by atoms with Crippen molar-refractivity contribution in [2.75, 3.05) is 0 Å². The van der Waals surface area contributed by atoms with Gasteiger partial charge in [0.25, 0.3) is 0 Å². The molecule has 2 atom stereocenters. The molecule has 0 bridgehead atoms. The first-order valence-corrected chi connectivity index (χ1v) is 14.7. The van der Waals surface area contributed by atoms with Gasteiger partial charge in [0.1, 0.15) is 17.6 Å². The first-order chi connectivity index (χ1) is 20.3. The van der Waals surface area contributed by atoms with E-state index in [4.69, 9.17) is 0 Å². The lowest BCUT2D eigenvalue weighted by molar-refractivity contribution is -0.131. The Labute approximate surface area is 254 Å². The number of aryl methyl sites for hydroxylation is 4. The second-order valence-electron chi connectivity index (χ2n) is 11.8. The van der Waals surface area contributed by atoms with Gasteiger partial charge >= 0.3 is 0 Å². The third kappa shape index (κ3) is 6.87. The first-order valence-electron chi connectivity index (χ1n) is 14.7. The highest BCUT2D eigenvalue weighted by molar-refractivity contribution is 5.97. The summed E-state index contributed by atoms with van der Waals surface area (Å²) < 4.78 is 0. The molecule has 0 aromatic heterocycles. The summed E-state index contributed by atoms with van der Waals surface area (Å²) in [7, 11) is 0. The van der Waals surface area contributed by atoms with E-state index in [0.717, 1.165) is 22.3 Å². The zero-order valence-electron chi connectivity index (χ0n) is 25.8. The van der Waals surface area contributed by atoms with Crippen LogP contribution < -0.4 is 10.6 Å². The van der Waals surface area contributed by atoms with Crippen molar-refractivity contribution in [1.82, 2.24) is 10.6 Å². The molecule has 6 heteroatoms. The molecule has 0 fully saturated rings. The number of carbonyl (C=O) groups is 2. The fourth-order valence-corrected chi connectivity index (χ4v) is 5.50. The highest BCUT2D eigenvalue weighted by Gasteiger charge is 2.40. The summed E-state index contributed by atoms with van der Waals surface area (Å²) in [5.41, 5.74) is 3.67. The fraction of sp³-hybridized carbons (Fsp3) is 0.297. The number of nitrogens with one attached hydrogen (secondary N) is 2. The summed E-state index contributed by atoms with van der Waals surface area (Å²) in [4.78, 5) is 26.4. The Morgan fingerprint density at radius 1 is 0.512 bits per heavy atom. The minimum atomic E-state index is -1.53. The molecular weight excluding hydrogens is 536 g/mol. The molecule has 0 radical (unpaired) electrons. The lowest BCUT2D eigenvalue weighted by Gasteiger charge is -2.36. The highest BCUT2D eigenvalue weighted by Crippen LogP contribution is 2.35. The van der Waals surface area contributed by atoms with Gasteiger partial charge in [-0.2, -0.15) is 0 Å². The number of hydrogen-bond acceptors (Lipinski definition) is 4. The van der Waals surface area contributed by atoms with Gasteiger partial charge in [-0.25, -0.2) is 0 Å². The predicted molar refractivity (Wildman–Crippen MR) is 171 cm³/mol. The zero-order valence-corrected chi connectivity index (χ0v) is 25.8. The van der Waals surface area contributed by atoms with Crippen LogP contribution in [-0.2, 0) is 20.8 Å². The molecule has 2 unspecified atom stereocenters. The van der Waals surface area contributed by atoms with Crippen LogP contribution in [0.4, 0.5) is 0 Å². The minimum Gasteiger partial charge on any atom is -0.378 e. The van der Waals surface area contributed by atoms with Crippen LogP contribution in [-0.4, -0.2) is 34.1 Å². The van der Waals surface area contributed by atoms with E-state index in [1.165, 1.54) is 0 Å². The van der Waals surface area contributed by atoms with E-state index in [1.807, 2.05) is 125 Å². The molecule has 2 amide bonds. The molecule has 0 aliphatic heterocycles. The summed E-state index contributed by atoms with van der Waals surface area (Å²) >= 11 is 0. The molecular formula is C37H42N2O4. The van der Waals surface area contributed by atoms with Crippen molar-refractivity contribution in [2.45, 2.75) is 71.2 Å². The van der Waals surface area contributed by atoms with Gasteiger partial charge in [0.2, 0.25) is 11.8 Å². The molecule has 4 N–H and O–H groups in total. The molecule has 0 spiro atoms. The summed E-state index contributed by atoms with van der Waals surface area (Å²) in [6, 6.07) is 28.6. The molecule has 0 aliphatic carbocycles. The van der Waals surface area contributed by atoms with Gasteiger partial charge in [0, 0.05) is 0 Å². The SMILES string of the molecule is Cc1ccc(C(O)(c2ccc(C)cc2)C(C)NC(=O)CC(=O)NC(C)C(O)(c2ccc(C)cc2)c2ccc(C)cc2)cc1. The van der Waals surface area contributed by atoms with Crippen LogP contribution in [0.5, 0.6) is 0 Å². The van der Waals surface area contributed by atoms with Gasteiger partial charge in [0.15, 0.2) is 0 Å². The third-order valence-electron chi connectivity index (χ3n) is 8.30. The molecule has 4 rings (SSSR count). The molecule has 4 aromatic carbocycles. The van der Waals surface area contributed by atoms with E-state index in [2.05, 4.69) is 10.6 Å². The van der Waals surface area contributed by atoms with Crippen molar-refractivity contribution < 1.29 is 19.8 Å². The Morgan fingerprint density at radius 2 is 0.721 bits per heavy atom. The molecule has 0 heterocycles. The van der Waals surface area contributed by atoms with Crippen LogP contribution >= 0.6 is 0 Å². The number of amides is 2. The number of aliphatic hydroxyl groups is 2. The first kappa shape index (κ1) is 31.7. The maximum absolute atomic E-state index is 13.2. The standard InChI is InChI=1S/C37H42N2O4/c1-24-7-15-30(16-8-24)36(42,31-17-9-25(2)10-18-31)28(5)38-34(40)23-35(41)39-29(6)37(43,32-19-11-26(3)12-20-32)33-21-13-27(4)14-22-33/h7-22,28-29,42-43H,23H2,1-6H3,(H,38,40)(H,39,41). The van der Waals surface area contributed by atoms with Crippen LogP contribution in [0.15, 0.2) is 97.1 Å². The minimum absolute atomic E-state index is 0.468. The van der Waals surface area contributed by atoms with E-state index in [0.29, 0.717) is 22.3 Å². The maximum Gasteiger partial charge on any atom is 0.229 e. The molecule has 6 nitrogen and oxygen atoms in total. The van der Waals surface area contributed by atoms with Crippen LogP contribution in [0.2, 0.25) is 0 Å². The van der Waals surface area contributed by atoms with E-state index >= 15 is 0 Å². The van der Waals surface area contributed by atoms with Gasteiger partial charge in [-0.1, -0.05) is 119 Å². The van der Waals surface area contributed by atoms with Crippen molar-refractivity contribution in [2.24, 2.45) is 0 Å². The third-order valence-corrected chi connectivity index (χ3v) is 8.30. The van der Waals surface area contributed by atoms with Crippen LogP contribution in [0.25, 0.3) is 0 Å². The summed E-state index contributed by atoms with van der Waals surface area (Å²) in [6.45, 7) is 11.3. The van der Waals surface area contributed by atoms with Crippen molar-refractivity contribution >= 4 is 11.8 Å². The lowest BCUT2D eigenvalue weighted by Crippen LogP contribution is -2.52. The van der Waals surface area contributed by atoms with E-state index < -0.39 is 41.5 Å². The lowest BCUT2D eigenvalue weighted by atomic mass is 9.80. The second kappa shape index (κ2) is 12.9. The van der Waals surface area contributed by atoms with Crippen LogP contribution in [0.1, 0.15) is 64.8 Å². The number of hydrogen-bond donors (Lipinski definition) is 4. The number of rotatable bonds is 10. The number of benzene rings is 4. The van der Waals surface area contributed by atoms with E-state index in [-0.39, 0.29) is 0 Å². The summed E-state index contributed by atoms with van der Waals surface area (Å²) in [5, 5.41) is 29.9. The second-order valence-corrected chi connectivity index (χ2v) is 11.8. The smallest absolute Gasteiger partial charge is 0.229 e. The van der Waals surface area contributed by atoms with Crippen molar-refractivity contribution in [3.05, 3.63) is 142 Å². The quantitative estimate of drug-likeness (QED) is 0.187. The average molecular weight is 579 g/mol. The Bertz CT molecular complexity index is 1330. The van der Waals surface area contributed by atoms with Crippen molar-refractivity contribution in [3.63, 3.8) is 0 Å². The van der Waals surface area contributed by atoms with Crippen molar-refractivity contribution in [1.29, 1.82) is 0 Å². The maximum atomic E-state index is 13.2. The normalized spacial score (nSPS) is 13.2. The van der Waals surface area contributed by atoms with Gasteiger partial charge < -0.3 is 20.8 Å². The summed E-state index contributed by atoms with van der Waals surface area (Å²) in [6.07, 6.45) is -0.468. The Morgan fingerprint density at radius 3 is 0.930 bits per heavy atom. The van der Waals surface area contributed by atoms with E-state index in [1.54, 1.807) is 13.8 Å². The van der Waals surface area contributed by atoms with Crippen LogP contribution in [0.3, 0.4) is 0 Å². The fourth-order valence-electron chi connectivity index (χ4n) is 5.50. The molecule has 4 aromatic rings. The monoisotopic (exact) mass is 578 g/mol. The van der Waals surface area contributed by atoms with Gasteiger partial charge in [-0.15, -0.1) is 0 Å². The molecule has 0 saturated heterocycles. The topological polar surface area (TPSA) is 98.7 Å². The van der Waals surface area contributed by atoms with Crippen LogP contribution in [0, 0.1) is 27.7 Å². The molecule has 43 heavy (non-hydrogen) atoms.